The molecule has 0 unspecified atom stereocenters. The molecule has 6 rings (SSSR count). The SMILES string of the molecule is O=C(c1csc(CN(Cc2cccc(C(F)(F)F)c2)Cc2ccc3c(c2)OCO3)n1)N1CCN(c2ccccc2F)CC1. The van der Waals surface area contributed by atoms with Crippen molar-refractivity contribution in [3.8, 4) is 11.5 Å². The fraction of sp³-hybridized carbons (Fsp3) is 0.290. The molecule has 1 aromatic heterocycles. The van der Waals surface area contributed by atoms with Gasteiger partial charge in [0.15, 0.2) is 11.5 Å². The van der Waals surface area contributed by atoms with Gasteiger partial charge in [-0.2, -0.15) is 13.2 Å². The first kappa shape index (κ1) is 28.9. The van der Waals surface area contributed by atoms with Crippen LogP contribution < -0.4 is 14.4 Å². The van der Waals surface area contributed by atoms with Gasteiger partial charge in [0.25, 0.3) is 5.91 Å². The Bertz CT molecular complexity index is 1600. The zero-order chi connectivity index (χ0) is 30.0. The molecule has 1 fully saturated rings. The van der Waals surface area contributed by atoms with Crippen LogP contribution in [-0.2, 0) is 25.8 Å². The molecule has 2 aliphatic rings. The third kappa shape index (κ3) is 6.75. The molecule has 4 aromatic rings. The second kappa shape index (κ2) is 12.2. The Hall–Kier alpha value is -4.16. The molecule has 0 bridgehead atoms. The number of amides is 1. The third-order valence-electron chi connectivity index (χ3n) is 7.39. The number of hydrogen-bond acceptors (Lipinski definition) is 7. The monoisotopic (exact) mass is 612 g/mol. The minimum atomic E-state index is -4.44. The van der Waals surface area contributed by atoms with Gasteiger partial charge in [-0.3, -0.25) is 9.69 Å². The summed E-state index contributed by atoms with van der Waals surface area (Å²) in [6, 6.07) is 17.4. The Morgan fingerprint density at radius 3 is 2.40 bits per heavy atom. The maximum absolute atomic E-state index is 14.2. The zero-order valence-corrected chi connectivity index (χ0v) is 23.8. The van der Waals surface area contributed by atoms with Crippen LogP contribution in [0.15, 0.2) is 72.1 Å². The number of carbonyl (C=O) groups is 1. The number of para-hydroxylation sites is 1. The highest BCUT2D eigenvalue weighted by atomic mass is 32.1. The number of benzene rings is 3. The topological polar surface area (TPSA) is 58.1 Å². The molecule has 0 N–H and O–H groups in total. The molecule has 0 aliphatic carbocycles. The smallest absolute Gasteiger partial charge is 0.416 e. The molecule has 1 amide bonds. The van der Waals surface area contributed by atoms with Crippen molar-refractivity contribution >= 4 is 22.9 Å². The Kier molecular flexibility index (Phi) is 8.22. The second-order valence-electron chi connectivity index (χ2n) is 10.4. The molecule has 0 saturated carbocycles. The van der Waals surface area contributed by atoms with Crippen LogP contribution in [0, 0.1) is 5.82 Å². The van der Waals surface area contributed by atoms with Crippen LogP contribution in [0.2, 0.25) is 0 Å². The van der Waals surface area contributed by atoms with Crippen molar-refractivity contribution < 1.29 is 31.8 Å². The van der Waals surface area contributed by atoms with E-state index in [2.05, 4.69) is 4.98 Å². The lowest BCUT2D eigenvalue weighted by molar-refractivity contribution is -0.137. The molecule has 43 heavy (non-hydrogen) atoms. The van der Waals surface area contributed by atoms with Crippen molar-refractivity contribution in [2.75, 3.05) is 37.9 Å². The number of anilines is 1. The van der Waals surface area contributed by atoms with Gasteiger partial charge in [-0.1, -0.05) is 36.4 Å². The summed E-state index contributed by atoms with van der Waals surface area (Å²) in [5.74, 6) is 0.775. The highest BCUT2D eigenvalue weighted by Gasteiger charge is 2.31. The van der Waals surface area contributed by atoms with Crippen LogP contribution in [0.1, 0.15) is 32.2 Å². The molecule has 3 heterocycles. The van der Waals surface area contributed by atoms with Crippen LogP contribution in [0.3, 0.4) is 0 Å². The van der Waals surface area contributed by atoms with Gasteiger partial charge in [0, 0.05) is 44.6 Å². The summed E-state index contributed by atoms with van der Waals surface area (Å²) in [5, 5.41) is 2.38. The van der Waals surface area contributed by atoms with Crippen molar-refractivity contribution in [1.82, 2.24) is 14.8 Å². The summed E-state index contributed by atoms with van der Waals surface area (Å²) in [6.07, 6.45) is -4.44. The lowest BCUT2D eigenvalue weighted by Crippen LogP contribution is -2.49. The number of hydrogen-bond donors (Lipinski definition) is 0. The molecule has 0 atom stereocenters. The highest BCUT2D eigenvalue weighted by Crippen LogP contribution is 2.34. The number of piperazine rings is 1. The number of nitrogens with zero attached hydrogens (tertiary/aromatic N) is 4. The van der Waals surface area contributed by atoms with E-state index in [0.717, 1.165) is 17.7 Å². The lowest BCUT2D eigenvalue weighted by Gasteiger charge is -2.35. The largest absolute Gasteiger partial charge is 0.454 e. The molecule has 224 valence electrons. The summed E-state index contributed by atoms with van der Waals surface area (Å²) >= 11 is 1.33. The summed E-state index contributed by atoms with van der Waals surface area (Å²) in [6.45, 7) is 2.99. The van der Waals surface area contributed by atoms with E-state index in [9.17, 15) is 22.4 Å². The number of thiazole rings is 1. The van der Waals surface area contributed by atoms with Crippen LogP contribution in [-0.4, -0.2) is 53.7 Å². The number of ether oxygens (including phenoxy) is 2. The summed E-state index contributed by atoms with van der Waals surface area (Å²) in [7, 11) is 0. The molecular weight excluding hydrogens is 584 g/mol. The molecule has 0 spiro atoms. The number of fused-ring (bicyclic) bond motifs is 1. The Labute approximate surface area is 249 Å². The van der Waals surface area contributed by atoms with E-state index in [4.69, 9.17) is 9.47 Å². The van der Waals surface area contributed by atoms with Gasteiger partial charge in [-0.05, 0) is 41.5 Å². The van der Waals surface area contributed by atoms with Gasteiger partial charge < -0.3 is 19.3 Å². The number of alkyl halides is 3. The Morgan fingerprint density at radius 1 is 0.884 bits per heavy atom. The predicted molar refractivity (Wildman–Crippen MR) is 154 cm³/mol. The third-order valence-corrected chi connectivity index (χ3v) is 8.23. The number of carbonyl (C=O) groups excluding carboxylic acids is 1. The summed E-state index contributed by atoms with van der Waals surface area (Å²) < 4.78 is 65.2. The average Bonchev–Trinajstić information content (AvgIpc) is 3.66. The van der Waals surface area contributed by atoms with E-state index >= 15 is 0 Å². The van der Waals surface area contributed by atoms with Gasteiger partial charge in [0.1, 0.15) is 16.5 Å². The lowest BCUT2D eigenvalue weighted by atomic mass is 10.1. The first-order valence-electron chi connectivity index (χ1n) is 13.7. The molecule has 12 heteroatoms. The molecule has 7 nitrogen and oxygen atoms in total. The van der Waals surface area contributed by atoms with Crippen LogP contribution in [0.25, 0.3) is 0 Å². The van der Waals surface area contributed by atoms with Gasteiger partial charge in [0.2, 0.25) is 6.79 Å². The number of aromatic nitrogens is 1. The highest BCUT2D eigenvalue weighted by molar-refractivity contribution is 7.09. The second-order valence-corrected chi connectivity index (χ2v) is 11.3. The molecule has 0 radical (unpaired) electrons. The van der Waals surface area contributed by atoms with E-state index in [1.807, 2.05) is 28.0 Å². The standard InChI is InChI=1S/C31H28F4N4O3S/c32-24-6-1-2-7-26(24)38-10-12-39(13-11-38)30(40)25-19-43-29(36-25)18-37(16-21-4-3-5-23(14-21)31(33,34)35)17-22-8-9-27-28(15-22)42-20-41-27/h1-9,14-15,19H,10-13,16-18,20H2. The Balaban J connectivity index is 1.15. The quantitative estimate of drug-likeness (QED) is 0.221. The van der Waals surface area contributed by atoms with E-state index in [1.165, 1.54) is 23.5 Å². The maximum Gasteiger partial charge on any atom is 0.416 e. The molecule has 3 aromatic carbocycles. The number of rotatable bonds is 8. The van der Waals surface area contributed by atoms with Crippen LogP contribution in [0.4, 0.5) is 23.2 Å². The van der Waals surface area contributed by atoms with E-state index in [1.54, 1.807) is 34.5 Å². The van der Waals surface area contributed by atoms with Crippen molar-refractivity contribution in [2.45, 2.75) is 25.8 Å². The molecule has 1 saturated heterocycles. The van der Waals surface area contributed by atoms with Gasteiger partial charge in [-0.25, -0.2) is 9.37 Å². The van der Waals surface area contributed by atoms with Crippen LogP contribution in [0.5, 0.6) is 11.5 Å². The van der Waals surface area contributed by atoms with E-state index in [0.29, 0.717) is 72.7 Å². The van der Waals surface area contributed by atoms with Crippen molar-refractivity contribution in [1.29, 1.82) is 0 Å². The normalized spacial score (nSPS) is 14.9. The van der Waals surface area contributed by atoms with Crippen molar-refractivity contribution in [2.24, 2.45) is 0 Å². The summed E-state index contributed by atoms with van der Waals surface area (Å²) in [5.41, 5.74) is 1.55. The van der Waals surface area contributed by atoms with Crippen molar-refractivity contribution in [3.05, 3.63) is 105 Å². The minimum Gasteiger partial charge on any atom is -0.454 e. The molecule has 2 aliphatic heterocycles. The average molecular weight is 613 g/mol. The zero-order valence-electron chi connectivity index (χ0n) is 23.0. The molecular formula is C31H28F4N4O3S. The van der Waals surface area contributed by atoms with Gasteiger partial charge in [0.05, 0.1) is 17.8 Å². The van der Waals surface area contributed by atoms with Crippen molar-refractivity contribution in [3.63, 3.8) is 0 Å². The first-order valence-corrected chi connectivity index (χ1v) is 14.6. The minimum absolute atomic E-state index is 0.140. The van der Waals surface area contributed by atoms with Crippen LogP contribution >= 0.6 is 11.3 Å². The fourth-order valence-electron chi connectivity index (χ4n) is 5.26. The van der Waals surface area contributed by atoms with E-state index < -0.39 is 11.7 Å². The first-order chi connectivity index (χ1) is 20.7. The van der Waals surface area contributed by atoms with Gasteiger partial charge in [-0.15, -0.1) is 11.3 Å². The maximum atomic E-state index is 14.2. The summed E-state index contributed by atoms with van der Waals surface area (Å²) in [4.78, 5) is 23.5. The van der Waals surface area contributed by atoms with E-state index in [-0.39, 0.29) is 25.1 Å². The van der Waals surface area contributed by atoms with Gasteiger partial charge >= 0.3 is 6.18 Å². The fourth-order valence-corrected chi connectivity index (χ4v) is 6.07. The Morgan fingerprint density at radius 2 is 1.63 bits per heavy atom. The number of halogens is 4. The predicted octanol–water partition coefficient (Wildman–Crippen LogP) is 6.19.